The molecule has 1 amide bonds. The first-order chi connectivity index (χ1) is 12.2. The Morgan fingerprint density at radius 1 is 1.15 bits per heavy atom. The van der Waals surface area contributed by atoms with Crippen molar-refractivity contribution >= 4 is 53.5 Å². The van der Waals surface area contributed by atoms with Crippen molar-refractivity contribution in [3.05, 3.63) is 33.8 Å². The van der Waals surface area contributed by atoms with Gasteiger partial charge in [0.05, 0.1) is 36.4 Å². The molecule has 0 aromatic heterocycles. The third-order valence-electron chi connectivity index (χ3n) is 3.09. The lowest BCUT2D eigenvalue weighted by molar-refractivity contribution is -0.143. The lowest BCUT2D eigenvalue weighted by Crippen LogP contribution is -2.41. The van der Waals surface area contributed by atoms with Gasteiger partial charge in [0.15, 0.2) is 0 Å². The standard InChI is InChI=1S/C12H13Cl2NO3.C4H9NO3.ClH/c1-3-9(12(17)18-2)15-11(16)10-7(13)5-4-6-8(10)14;1-8-4(7)3(5)2-6;/h4-6,9H,3H2,1-2H3,(H,15,16);3,6H,2,5H2,1H3;1H/t9-;3-;/m00./s1. The molecule has 0 spiro atoms. The number of rotatable bonds is 6. The summed E-state index contributed by atoms with van der Waals surface area (Å²) >= 11 is 11.8. The van der Waals surface area contributed by atoms with E-state index in [2.05, 4.69) is 14.8 Å². The number of ether oxygens (including phenoxy) is 2. The summed E-state index contributed by atoms with van der Waals surface area (Å²) in [4.78, 5) is 33.6. The molecule has 0 radical (unpaired) electrons. The van der Waals surface area contributed by atoms with Gasteiger partial charge in [0.25, 0.3) is 5.91 Å². The Kier molecular flexibility index (Phi) is 14.8. The maximum absolute atomic E-state index is 12.0. The average Bonchev–Trinajstić information content (AvgIpc) is 2.64. The van der Waals surface area contributed by atoms with E-state index in [1.807, 2.05) is 0 Å². The van der Waals surface area contributed by atoms with Gasteiger partial charge in [-0.25, -0.2) is 4.79 Å². The summed E-state index contributed by atoms with van der Waals surface area (Å²) in [7, 11) is 2.48. The third-order valence-corrected chi connectivity index (χ3v) is 3.72. The van der Waals surface area contributed by atoms with Gasteiger partial charge in [0, 0.05) is 0 Å². The van der Waals surface area contributed by atoms with E-state index in [0.29, 0.717) is 6.42 Å². The fourth-order valence-corrected chi connectivity index (χ4v) is 2.21. The number of carbonyl (C=O) groups is 3. The van der Waals surface area contributed by atoms with Crippen molar-refractivity contribution in [2.45, 2.75) is 25.4 Å². The van der Waals surface area contributed by atoms with Gasteiger partial charge in [-0.05, 0) is 18.6 Å². The molecular formula is C16H23Cl3N2O6. The van der Waals surface area contributed by atoms with E-state index < -0.39 is 29.9 Å². The number of nitrogens with one attached hydrogen (secondary N) is 1. The van der Waals surface area contributed by atoms with Crippen molar-refractivity contribution in [1.29, 1.82) is 0 Å². The van der Waals surface area contributed by atoms with Gasteiger partial charge >= 0.3 is 11.9 Å². The molecule has 0 aliphatic carbocycles. The van der Waals surface area contributed by atoms with E-state index in [0.717, 1.165) is 0 Å². The highest BCUT2D eigenvalue weighted by atomic mass is 35.5. The van der Waals surface area contributed by atoms with Gasteiger partial charge in [-0.15, -0.1) is 12.4 Å². The number of benzene rings is 1. The van der Waals surface area contributed by atoms with Crippen LogP contribution in [0.25, 0.3) is 0 Å². The monoisotopic (exact) mass is 444 g/mol. The second kappa shape index (κ2) is 14.5. The minimum atomic E-state index is -0.889. The molecular weight excluding hydrogens is 423 g/mol. The topological polar surface area (TPSA) is 128 Å². The first-order valence-electron chi connectivity index (χ1n) is 7.50. The van der Waals surface area contributed by atoms with Crippen LogP contribution in [0.3, 0.4) is 0 Å². The zero-order valence-electron chi connectivity index (χ0n) is 15.0. The molecule has 11 heteroatoms. The number of amides is 1. The van der Waals surface area contributed by atoms with Crippen LogP contribution >= 0.6 is 35.6 Å². The average molecular weight is 446 g/mol. The number of esters is 2. The van der Waals surface area contributed by atoms with Crippen LogP contribution in [0.1, 0.15) is 23.7 Å². The third kappa shape index (κ3) is 9.25. The Labute approximate surface area is 173 Å². The smallest absolute Gasteiger partial charge is 0.328 e. The highest BCUT2D eigenvalue weighted by Gasteiger charge is 2.22. The van der Waals surface area contributed by atoms with Gasteiger partial charge < -0.3 is 25.6 Å². The molecule has 0 fully saturated rings. The molecule has 4 N–H and O–H groups in total. The molecule has 154 valence electrons. The molecule has 1 aromatic rings. The molecule has 0 heterocycles. The quantitative estimate of drug-likeness (QED) is 0.567. The number of hydrogen-bond donors (Lipinski definition) is 3. The Balaban J connectivity index is 0. The summed E-state index contributed by atoms with van der Waals surface area (Å²) in [6, 6.07) is 3.15. The van der Waals surface area contributed by atoms with Crippen molar-refractivity contribution in [3.8, 4) is 0 Å². The summed E-state index contributed by atoms with van der Waals surface area (Å²) < 4.78 is 8.76. The number of hydrogen-bond acceptors (Lipinski definition) is 7. The number of carbonyl (C=O) groups excluding carboxylic acids is 3. The fraction of sp³-hybridized carbons (Fsp3) is 0.438. The van der Waals surface area contributed by atoms with Crippen molar-refractivity contribution in [1.82, 2.24) is 5.32 Å². The number of aliphatic hydroxyl groups is 1. The molecule has 1 rings (SSSR count). The molecule has 0 saturated heterocycles. The van der Waals surface area contributed by atoms with E-state index in [4.69, 9.17) is 34.0 Å². The Morgan fingerprint density at radius 3 is 1.96 bits per heavy atom. The normalized spacial score (nSPS) is 11.7. The summed E-state index contributed by atoms with van der Waals surface area (Å²) in [5.41, 5.74) is 5.16. The van der Waals surface area contributed by atoms with Gasteiger partial charge in [0.2, 0.25) is 0 Å². The highest BCUT2D eigenvalue weighted by Crippen LogP contribution is 2.24. The molecule has 27 heavy (non-hydrogen) atoms. The lowest BCUT2D eigenvalue weighted by Gasteiger charge is -2.15. The molecule has 1 aromatic carbocycles. The van der Waals surface area contributed by atoms with Crippen LogP contribution in [0.5, 0.6) is 0 Å². The van der Waals surface area contributed by atoms with Crippen LogP contribution in [-0.4, -0.2) is 55.9 Å². The van der Waals surface area contributed by atoms with E-state index in [1.165, 1.54) is 14.2 Å². The van der Waals surface area contributed by atoms with Crippen LogP contribution < -0.4 is 11.1 Å². The minimum absolute atomic E-state index is 0. The maximum atomic E-state index is 12.0. The van der Waals surface area contributed by atoms with Crippen LogP contribution in [0.15, 0.2) is 18.2 Å². The molecule has 0 unspecified atom stereocenters. The molecule has 2 atom stereocenters. The van der Waals surface area contributed by atoms with Crippen molar-refractivity contribution in [3.63, 3.8) is 0 Å². The SMILES string of the molecule is CC[C@H](NC(=O)c1c(Cl)cccc1Cl)C(=O)OC.COC(=O)[C@@H](N)CO.Cl. The predicted octanol–water partition coefficient (Wildman–Crippen LogP) is 1.58. The van der Waals surface area contributed by atoms with E-state index in [9.17, 15) is 14.4 Å². The van der Waals surface area contributed by atoms with E-state index >= 15 is 0 Å². The molecule has 0 saturated carbocycles. The summed E-state index contributed by atoms with van der Waals surface area (Å²) in [6.07, 6.45) is 0.417. The number of methoxy groups -OCH3 is 2. The molecule has 0 aliphatic rings. The summed E-state index contributed by atoms with van der Waals surface area (Å²) in [5, 5.41) is 11.2. The Bertz CT molecular complexity index is 610. The predicted molar refractivity (Wildman–Crippen MR) is 104 cm³/mol. The van der Waals surface area contributed by atoms with Crippen LogP contribution in [-0.2, 0) is 19.1 Å². The first kappa shape index (κ1) is 27.6. The largest absolute Gasteiger partial charge is 0.468 e. The van der Waals surface area contributed by atoms with Crippen LogP contribution in [0.4, 0.5) is 0 Å². The Hall–Kier alpha value is -1.58. The first-order valence-corrected chi connectivity index (χ1v) is 8.25. The van der Waals surface area contributed by atoms with Crippen molar-refractivity contribution in [2.24, 2.45) is 5.73 Å². The Morgan fingerprint density at radius 2 is 1.63 bits per heavy atom. The maximum Gasteiger partial charge on any atom is 0.328 e. The number of nitrogens with two attached hydrogens (primary N) is 1. The van der Waals surface area contributed by atoms with E-state index in [1.54, 1.807) is 25.1 Å². The van der Waals surface area contributed by atoms with Gasteiger partial charge in [-0.3, -0.25) is 9.59 Å². The number of halogens is 3. The molecule has 8 nitrogen and oxygen atoms in total. The van der Waals surface area contributed by atoms with Crippen molar-refractivity contribution in [2.75, 3.05) is 20.8 Å². The van der Waals surface area contributed by atoms with Crippen molar-refractivity contribution < 1.29 is 29.0 Å². The van der Waals surface area contributed by atoms with Crippen LogP contribution in [0.2, 0.25) is 10.0 Å². The molecule has 0 aliphatic heterocycles. The van der Waals surface area contributed by atoms with Gasteiger partial charge in [0.1, 0.15) is 12.1 Å². The number of aliphatic hydroxyl groups excluding tert-OH is 1. The van der Waals surface area contributed by atoms with Gasteiger partial charge in [-0.1, -0.05) is 36.2 Å². The second-order valence-corrected chi connectivity index (χ2v) is 5.68. The fourth-order valence-electron chi connectivity index (χ4n) is 1.64. The highest BCUT2D eigenvalue weighted by molar-refractivity contribution is 6.39. The minimum Gasteiger partial charge on any atom is -0.468 e. The molecule has 0 bridgehead atoms. The summed E-state index contributed by atoms with van der Waals surface area (Å²) in [6.45, 7) is 1.39. The zero-order valence-corrected chi connectivity index (χ0v) is 17.4. The lowest BCUT2D eigenvalue weighted by atomic mass is 10.1. The second-order valence-electron chi connectivity index (χ2n) is 4.87. The summed E-state index contributed by atoms with van der Waals surface area (Å²) in [5.74, 6) is -1.59. The van der Waals surface area contributed by atoms with Gasteiger partial charge in [-0.2, -0.15) is 0 Å². The van der Waals surface area contributed by atoms with E-state index in [-0.39, 0.29) is 34.6 Å². The van der Waals surface area contributed by atoms with Crippen LogP contribution in [0, 0.1) is 0 Å². The zero-order chi connectivity index (χ0) is 20.3.